The number of hydrogen-bond donors (Lipinski definition) is 1. The van der Waals surface area contributed by atoms with Gasteiger partial charge in [0.25, 0.3) is 11.8 Å². The maximum Gasteiger partial charge on any atom is 0.410 e. The van der Waals surface area contributed by atoms with Gasteiger partial charge in [0.2, 0.25) is 22.4 Å². The summed E-state index contributed by atoms with van der Waals surface area (Å²) >= 11 is 12.8. The van der Waals surface area contributed by atoms with E-state index in [1.165, 1.54) is 48.4 Å². The Kier molecular flexibility index (Phi) is 14.7. The number of carbonyl (C=O) groups is 4. The number of aromatic nitrogens is 1. The number of fused-ring (bicyclic) bond motifs is 1. The number of imide groups is 1. The monoisotopic (exact) mass is 901 g/mol. The Labute approximate surface area is 355 Å². The molecular formula is C39H45Cl2F2N4O12S+. The Bertz CT molecular complexity index is 2200. The van der Waals surface area contributed by atoms with Crippen molar-refractivity contribution in [3.8, 4) is 11.5 Å². The van der Waals surface area contributed by atoms with E-state index in [1.807, 2.05) is 0 Å². The average Bonchev–Trinajstić information content (AvgIpc) is 3.95. The highest BCUT2D eigenvalue weighted by atomic mass is 35.5. The van der Waals surface area contributed by atoms with Crippen molar-refractivity contribution in [1.82, 2.24) is 9.80 Å². The van der Waals surface area contributed by atoms with Crippen LogP contribution in [-0.2, 0) is 35.4 Å². The minimum Gasteiger partial charge on any atom is -0.489 e. The zero-order chi connectivity index (χ0) is 44.1. The van der Waals surface area contributed by atoms with Gasteiger partial charge in [-0.05, 0) is 75.4 Å². The summed E-state index contributed by atoms with van der Waals surface area (Å²) in [5.41, 5.74) is -0.658. The number of halogens is 4. The molecule has 3 aromatic rings. The van der Waals surface area contributed by atoms with Crippen LogP contribution in [0.2, 0.25) is 10.0 Å². The maximum absolute atomic E-state index is 13.7. The number of amides is 3. The number of anilines is 1. The highest BCUT2D eigenvalue weighted by molar-refractivity contribution is 7.92. The van der Waals surface area contributed by atoms with Crippen LogP contribution in [0.15, 0.2) is 48.8 Å². The summed E-state index contributed by atoms with van der Waals surface area (Å²) in [5, 5.41) is 9.88. The first kappa shape index (κ1) is 46.1. The predicted octanol–water partition coefficient (Wildman–Crippen LogP) is 5.68. The van der Waals surface area contributed by atoms with Crippen LogP contribution in [0.3, 0.4) is 0 Å². The van der Waals surface area contributed by atoms with E-state index < -0.39 is 58.8 Å². The molecule has 2 aromatic carbocycles. The van der Waals surface area contributed by atoms with Crippen LogP contribution in [0.1, 0.15) is 71.6 Å². The Morgan fingerprint density at radius 3 is 2.25 bits per heavy atom. The Hall–Kier alpha value is -4.98. The molecule has 2 heterocycles. The van der Waals surface area contributed by atoms with Gasteiger partial charge in [0.05, 0.1) is 42.8 Å². The second-order valence-electron chi connectivity index (χ2n) is 15.1. The molecule has 16 nitrogen and oxygen atoms in total. The van der Waals surface area contributed by atoms with Gasteiger partial charge in [0.15, 0.2) is 11.5 Å². The second kappa shape index (κ2) is 19.2. The van der Waals surface area contributed by atoms with E-state index >= 15 is 0 Å². The average molecular weight is 903 g/mol. The maximum atomic E-state index is 13.7. The first-order chi connectivity index (χ1) is 28.1. The fourth-order valence-corrected chi connectivity index (χ4v) is 7.61. The van der Waals surface area contributed by atoms with E-state index in [0.29, 0.717) is 9.63 Å². The lowest BCUT2D eigenvalue weighted by atomic mass is 10.0. The summed E-state index contributed by atoms with van der Waals surface area (Å²) in [4.78, 5) is 55.8. The summed E-state index contributed by atoms with van der Waals surface area (Å²) in [6.07, 6.45) is 2.85. The first-order valence-electron chi connectivity index (χ1n) is 18.6. The molecule has 5 rings (SSSR count). The molecule has 1 aliphatic carbocycles. The molecule has 21 heteroatoms. The molecule has 1 saturated carbocycles. The van der Waals surface area contributed by atoms with Crippen molar-refractivity contribution in [3.63, 3.8) is 0 Å². The van der Waals surface area contributed by atoms with E-state index in [2.05, 4.69) is 4.74 Å². The molecule has 1 N–H and O–H groups in total. The van der Waals surface area contributed by atoms with Gasteiger partial charge in [-0.2, -0.15) is 8.78 Å². The quantitative estimate of drug-likeness (QED) is 0.0674. The van der Waals surface area contributed by atoms with Crippen LogP contribution in [0, 0.1) is 5.92 Å². The zero-order valence-electron chi connectivity index (χ0n) is 33.4. The number of alkyl halides is 2. The number of hydrogen-bond acceptors (Lipinski definition) is 12. The minimum atomic E-state index is -4.02. The Balaban J connectivity index is 1.38. The summed E-state index contributed by atoms with van der Waals surface area (Å²) < 4.78 is 81.1. The lowest BCUT2D eigenvalue weighted by Gasteiger charge is -2.30. The summed E-state index contributed by atoms with van der Waals surface area (Å²) in [6, 6.07) is 7.72. The lowest BCUT2D eigenvalue weighted by Crippen LogP contribution is -2.44. The third kappa shape index (κ3) is 12.1. The van der Waals surface area contributed by atoms with Crippen molar-refractivity contribution in [1.29, 1.82) is 0 Å². The summed E-state index contributed by atoms with van der Waals surface area (Å²) in [6.45, 7) is 1.10. The molecule has 0 radical (unpaired) electrons. The first-order valence-corrected chi connectivity index (χ1v) is 21.2. The molecule has 1 aliphatic heterocycles. The number of carbonyl (C=O) groups excluding carboxylic acids is 4. The third-order valence-corrected chi connectivity index (χ3v) is 11.0. The number of rotatable bonds is 19. The molecule has 1 atom stereocenters. The van der Waals surface area contributed by atoms with E-state index in [0.717, 1.165) is 35.8 Å². The van der Waals surface area contributed by atoms with E-state index in [9.17, 15) is 41.6 Å². The molecule has 1 fully saturated rings. The van der Waals surface area contributed by atoms with Crippen molar-refractivity contribution in [3.05, 3.63) is 81.1 Å². The standard InChI is InChI=1S/C39H45Cl2F2N4O12S/c1-39(2,3)59-38(51)44(14-15-55-4)12-13-47(60(5,53)54)25-9-10-26-27(17-25)36(50)46(35(26)49)21-34(48)57-32(18-28-29(40)19-45(52)20-30(28)41)24-8-11-31(58-37(42)43)33(16-24)56-22-23-6-7-23/h8-11,16-17,19-20,23,32,37,52H,6-7,12-15,18,21-22H2,1-5H3/q+1/t32-/m0/s1. The van der Waals surface area contributed by atoms with E-state index in [-0.39, 0.29) is 94.7 Å². The largest absolute Gasteiger partial charge is 0.489 e. The molecule has 326 valence electrons. The molecule has 1 aromatic heterocycles. The summed E-state index contributed by atoms with van der Waals surface area (Å²) in [5.74, 6) is -2.92. The number of nitrogens with zero attached hydrogens (tertiary/aromatic N) is 4. The SMILES string of the molecule is COCCN(CCN(c1ccc2c(c1)C(=O)N(CC(=O)O[C@@H](Cc1c(Cl)c[n+](O)cc1Cl)c1ccc(OC(F)F)c(OCC3CC3)c1)C2=O)S(C)(=O)=O)C(=O)OC(C)(C)C. The topological polar surface area (TPSA) is 182 Å². The molecule has 60 heavy (non-hydrogen) atoms. The van der Waals surface area contributed by atoms with Gasteiger partial charge in [0, 0.05) is 36.9 Å². The van der Waals surface area contributed by atoms with Crippen molar-refractivity contribution < 1.29 is 70.0 Å². The van der Waals surface area contributed by atoms with Gasteiger partial charge in [0.1, 0.15) is 28.3 Å². The number of pyridine rings is 1. The fourth-order valence-electron chi connectivity index (χ4n) is 6.09. The van der Waals surface area contributed by atoms with Crippen molar-refractivity contribution >= 4 is 62.8 Å². The normalized spacial score (nSPS) is 14.5. The number of sulfonamides is 1. The van der Waals surface area contributed by atoms with Gasteiger partial charge in [-0.3, -0.25) is 28.8 Å². The second-order valence-corrected chi connectivity index (χ2v) is 17.8. The Morgan fingerprint density at radius 2 is 1.65 bits per heavy atom. The molecule has 2 aliphatic rings. The van der Waals surface area contributed by atoms with Crippen LogP contribution < -0.4 is 18.5 Å². The third-order valence-electron chi connectivity index (χ3n) is 9.18. The zero-order valence-corrected chi connectivity index (χ0v) is 35.7. The smallest absolute Gasteiger partial charge is 0.410 e. The van der Waals surface area contributed by atoms with Gasteiger partial charge in [-0.1, -0.05) is 29.3 Å². The Morgan fingerprint density at radius 1 is 0.983 bits per heavy atom. The van der Waals surface area contributed by atoms with Crippen molar-refractivity contribution in [2.24, 2.45) is 5.92 Å². The highest BCUT2D eigenvalue weighted by Gasteiger charge is 2.39. The van der Waals surface area contributed by atoms with E-state index in [1.54, 1.807) is 20.8 Å². The number of benzene rings is 2. The molecule has 3 amide bonds. The van der Waals surface area contributed by atoms with Crippen LogP contribution in [0.25, 0.3) is 0 Å². The van der Waals surface area contributed by atoms with Crippen LogP contribution >= 0.6 is 23.2 Å². The highest BCUT2D eigenvalue weighted by Crippen LogP contribution is 2.38. The fraction of sp³-hybridized carbons (Fsp3) is 0.462. The number of ether oxygens (including phenoxy) is 5. The molecule has 0 unspecified atom stereocenters. The number of esters is 1. The van der Waals surface area contributed by atoms with Gasteiger partial charge in [-0.25, -0.2) is 13.2 Å². The van der Waals surface area contributed by atoms with Crippen LogP contribution in [-0.4, -0.2) is 112 Å². The predicted molar refractivity (Wildman–Crippen MR) is 211 cm³/mol. The van der Waals surface area contributed by atoms with Gasteiger partial charge >= 0.3 is 18.7 Å². The van der Waals surface area contributed by atoms with Crippen molar-refractivity contribution in [2.45, 2.75) is 58.4 Å². The molecule has 0 bridgehead atoms. The number of methoxy groups -OCH3 is 1. The lowest BCUT2D eigenvalue weighted by molar-refractivity contribution is -0.904. The van der Waals surface area contributed by atoms with Gasteiger partial charge < -0.3 is 28.6 Å². The van der Waals surface area contributed by atoms with E-state index in [4.69, 9.17) is 42.1 Å². The minimum absolute atomic E-state index is 0.0116. The van der Waals surface area contributed by atoms with Gasteiger partial charge in [-0.15, -0.1) is 0 Å². The molecule has 0 saturated heterocycles. The van der Waals surface area contributed by atoms with Crippen LogP contribution in [0.5, 0.6) is 11.5 Å². The van der Waals surface area contributed by atoms with Crippen LogP contribution in [0.4, 0.5) is 19.3 Å². The summed E-state index contributed by atoms with van der Waals surface area (Å²) in [7, 11) is -2.57. The van der Waals surface area contributed by atoms with Crippen molar-refractivity contribution in [2.75, 3.05) is 57.1 Å². The molecular weight excluding hydrogens is 857 g/mol. The molecule has 0 spiro atoms.